The summed E-state index contributed by atoms with van der Waals surface area (Å²) in [7, 11) is 0. The van der Waals surface area contributed by atoms with Crippen molar-refractivity contribution in [3.63, 3.8) is 0 Å². The molecule has 0 radical (unpaired) electrons. The fraction of sp³-hybridized carbons (Fsp3) is 0.278. The van der Waals surface area contributed by atoms with Crippen LogP contribution in [0.25, 0.3) is 5.69 Å². The van der Waals surface area contributed by atoms with Gasteiger partial charge in [0.2, 0.25) is 0 Å². The summed E-state index contributed by atoms with van der Waals surface area (Å²) in [6.45, 7) is 1.87. The van der Waals surface area contributed by atoms with Crippen LogP contribution < -0.4 is 10.6 Å². The van der Waals surface area contributed by atoms with Crippen molar-refractivity contribution < 1.29 is 9.18 Å². The van der Waals surface area contributed by atoms with Crippen LogP contribution in [0, 0.1) is 5.82 Å². The molecule has 3 aromatic rings. The highest BCUT2D eigenvalue weighted by molar-refractivity contribution is 6.02. The van der Waals surface area contributed by atoms with E-state index in [0.29, 0.717) is 17.1 Å². The summed E-state index contributed by atoms with van der Waals surface area (Å²) in [5.41, 5.74) is 1.06. The van der Waals surface area contributed by atoms with Crippen LogP contribution in [-0.2, 0) is 0 Å². The smallest absolute Gasteiger partial charge is 0.276 e. The Hall–Kier alpha value is -2.42. The summed E-state index contributed by atoms with van der Waals surface area (Å²) < 4.78 is 17.7. The van der Waals surface area contributed by atoms with Gasteiger partial charge in [0.25, 0.3) is 5.91 Å². The Kier molecular flexibility index (Phi) is 7.56. The molecule has 1 aliphatic rings. The molecule has 0 saturated carbocycles. The van der Waals surface area contributed by atoms with Gasteiger partial charge in [-0.15, -0.1) is 24.8 Å². The molecule has 2 aromatic heterocycles. The lowest BCUT2D eigenvalue weighted by Crippen LogP contribution is -2.32. The van der Waals surface area contributed by atoms with E-state index >= 15 is 0 Å². The Morgan fingerprint density at radius 2 is 2.11 bits per heavy atom. The minimum atomic E-state index is -0.445. The van der Waals surface area contributed by atoms with Crippen LogP contribution in [0.1, 0.15) is 29.4 Å². The van der Waals surface area contributed by atoms with Crippen LogP contribution in [0.4, 0.5) is 10.1 Å². The van der Waals surface area contributed by atoms with Gasteiger partial charge in [-0.25, -0.2) is 9.37 Å². The molecule has 0 aliphatic carbocycles. The van der Waals surface area contributed by atoms with E-state index in [4.69, 9.17) is 0 Å². The first-order valence-corrected chi connectivity index (χ1v) is 8.56. The SMILES string of the molecule is Cl.Cl.O=C(Nc1ccc(-n2ccnc2)c(F)c1)c1ccn(C2CCCNC2)n1. The zero-order valence-electron chi connectivity index (χ0n) is 14.9. The number of amides is 1. The fourth-order valence-corrected chi connectivity index (χ4v) is 3.11. The van der Waals surface area contributed by atoms with E-state index in [9.17, 15) is 9.18 Å². The van der Waals surface area contributed by atoms with Crippen LogP contribution in [-0.4, -0.2) is 38.3 Å². The van der Waals surface area contributed by atoms with Crippen molar-refractivity contribution in [3.8, 4) is 5.69 Å². The van der Waals surface area contributed by atoms with E-state index in [1.54, 1.807) is 35.2 Å². The Balaban J connectivity index is 0.00000140. The molecule has 2 N–H and O–H groups in total. The van der Waals surface area contributed by atoms with E-state index < -0.39 is 5.82 Å². The maximum absolute atomic E-state index is 14.3. The van der Waals surface area contributed by atoms with E-state index in [1.165, 1.54) is 12.4 Å². The third-order valence-electron chi connectivity index (χ3n) is 4.47. The highest BCUT2D eigenvalue weighted by Crippen LogP contribution is 2.19. The van der Waals surface area contributed by atoms with Gasteiger partial charge < -0.3 is 15.2 Å². The molecule has 1 amide bonds. The Morgan fingerprint density at radius 1 is 1.25 bits per heavy atom. The third kappa shape index (κ3) is 4.70. The lowest BCUT2D eigenvalue weighted by molar-refractivity contribution is 0.102. The predicted octanol–water partition coefficient (Wildman–Crippen LogP) is 3.23. The second-order valence-electron chi connectivity index (χ2n) is 6.27. The number of carbonyl (C=O) groups is 1. The molecular formula is C18H21Cl2FN6O. The quantitative estimate of drug-likeness (QED) is 0.671. The summed E-state index contributed by atoms with van der Waals surface area (Å²) in [6.07, 6.45) is 8.70. The van der Waals surface area contributed by atoms with Crippen molar-refractivity contribution in [2.24, 2.45) is 0 Å². The van der Waals surface area contributed by atoms with Gasteiger partial charge in [-0.1, -0.05) is 0 Å². The number of halogens is 3. The van der Waals surface area contributed by atoms with Gasteiger partial charge in [-0.3, -0.25) is 9.48 Å². The molecule has 7 nitrogen and oxygen atoms in total. The third-order valence-corrected chi connectivity index (χ3v) is 4.47. The molecule has 1 unspecified atom stereocenters. The number of imidazole rings is 1. The summed E-state index contributed by atoms with van der Waals surface area (Å²) in [6, 6.07) is 6.48. The number of anilines is 1. The van der Waals surface area contributed by atoms with Crippen molar-refractivity contribution in [3.05, 3.63) is 60.7 Å². The largest absolute Gasteiger partial charge is 0.320 e. The van der Waals surface area contributed by atoms with Gasteiger partial charge in [-0.2, -0.15) is 5.10 Å². The monoisotopic (exact) mass is 426 g/mol. The van der Waals surface area contributed by atoms with Crippen LogP contribution in [0.5, 0.6) is 0 Å². The average Bonchev–Trinajstić information content (AvgIpc) is 3.35. The molecular weight excluding hydrogens is 406 g/mol. The van der Waals surface area contributed by atoms with Gasteiger partial charge in [0, 0.05) is 30.8 Å². The lowest BCUT2D eigenvalue weighted by atomic mass is 10.1. The lowest BCUT2D eigenvalue weighted by Gasteiger charge is -2.22. The molecule has 1 atom stereocenters. The van der Waals surface area contributed by atoms with Gasteiger partial charge in [0.1, 0.15) is 5.82 Å². The van der Waals surface area contributed by atoms with Crippen molar-refractivity contribution in [1.82, 2.24) is 24.6 Å². The zero-order chi connectivity index (χ0) is 17.9. The second-order valence-corrected chi connectivity index (χ2v) is 6.27. The van der Waals surface area contributed by atoms with Gasteiger partial charge in [-0.05, 0) is 43.7 Å². The Bertz CT molecular complexity index is 909. The number of hydrogen-bond donors (Lipinski definition) is 2. The minimum absolute atomic E-state index is 0. The Labute approximate surface area is 174 Å². The van der Waals surface area contributed by atoms with Crippen LogP contribution in [0.2, 0.25) is 0 Å². The highest BCUT2D eigenvalue weighted by atomic mass is 35.5. The van der Waals surface area contributed by atoms with E-state index in [2.05, 4.69) is 20.7 Å². The summed E-state index contributed by atoms with van der Waals surface area (Å²) in [4.78, 5) is 16.3. The number of piperidine rings is 1. The van der Waals surface area contributed by atoms with Crippen molar-refractivity contribution in [2.45, 2.75) is 18.9 Å². The standard InChI is InChI=1S/C18H19FN6O.2ClH/c19-15-10-13(3-4-17(15)24-9-7-21-12-24)22-18(26)16-5-8-25(23-16)14-2-1-6-20-11-14;;/h3-5,7-10,12,14,20H,1-2,6,11H2,(H,22,26);2*1H. The summed E-state index contributed by atoms with van der Waals surface area (Å²) in [5.74, 6) is -0.804. The van der Waals surface area contributed by atoms with Crippen LogP contribution in [0.15, 0.2) is 49.2 Å². The maximum Gasteiger partial charge on any atom is 0.276 e. The highest BCUT2D eigenvalue weighted by Gasteiger charge is 2.18. The van der Waals surface area contributed by atoms with Crippen molar-refractivity contribution >= 4 is 36.4 Å². The molecule has 10 heteroatoms. The molecule has 1 aromatic carbocycles. The summed E-state index contributed by atoms with van der Waals surface area (Å²) >= 11 is 0. The van der Waals surface area contributed by atoms with Crippen molar-refractivity contribution in [2.75, 3.05) is 18.4 Å². The number of aromatic nitrogens is 4. The van der Waals surface area contributed by atoms with Gasteiger partial charge in [0.15, 0.2) is 5.69 Å². The van der Waals surface area contributed by atoms with Gasteiger partial charge >= 0.3 is 0 Å². The summed E-state index contributed by atoms with van der Waals surface area (Å²) in [5, 5.41) is 10.4. The minimum Gasteiger partial charge on any atom is -0.320 e. The van der Waals surface area contributed by atoms with E-state index in [0.717, 1.165) is 25.9 Å². The molecule has 0 bridgehead atoms. The number of rotatable bonds is 4. The normalized spacial score (nSPS) is 16.0. The number of hydrogen-bond acceptors (Lipinski definition) is 4. The number of carbonyl (C=O) groups excluding carboxylic acids is 1. The molecule has 1 aliphatic heterocycles. The van der Waals surface area contributed by atoms with Crippen LogP contribution in [0.3, 0.4) is 0 Å². The molecule has 150 valence electrons. The molecule has 28 heavy (non-hydrogen) atoms. The Morgan fingerprint density at radius 3 is 2.79 bits per heavy atom. The number of benzene rings is 1. The maximum atomic E-state index is 14.3. The molecule has 0 spiro atoms. The van der Waals surface area contributed by atoms with Crippen LogP contribution >= 0.6 is 24.8 Å². The van der Waals surface area contributed by atoms with E-state index in [1.807, 2.05) is 10.9 Å². The second kappa shape index (κ2) is 9.68. The first-order chi connectivity index (χ1) is 12.7. The molecule has 4 rings (SSSR count). The molecule has 1 fully saturated rings. The number of nitrogens with one attached hydrogen (secondary N) is 2. The van der Waals surface area contributed by atoms with E-state index in [-0.39, 0.29) is 36.8 Å². The number of nitrogens with zero attached hydrogens (tertiary/aromatic N) is 4. The fourth-order valence-electron chi connectivity index (χ4n) is 3.11. The first kappa shape index (κ1) is 21.9. The topological polar surface area (TPSA) is 76.8 Å². The van der Waals surface area contributed by atoms with Gasteiger partial charge in [0.05, 0.1) is 18.1 Å². The van der Waals surface area contributed by atoms with Crippen molar-refractivity contribution in [1.29, 1.82) is 0 Å². The molecule has 3 heterocycles. The first-order valence-electron chi connectivity index (χ1n) is 8.56. The zero-order valence-corrected chi connectivity index (χ0v) is 16.5. The average molecular weight is 427 g/mol. The molecule has 1 saturated heterocycles. The predicted molar refractivity (Wildman–Crippen MR) is 109 cm³/mol.